The normalized spacial score (nSPS) is 15.5. The van der Waals surface area contributed by atoms with Crippen LogP contribution in [0.2, 0.25) is 0 Å². The molecule has 1 saturated carbocycles. The Hall–Kier alpha value is -1.09. The summed E-state index contributed by atoms with van der Waals surface area (Å²) < 4.78 is 5.09. The van der Waals surface area contributed by atoms with Crippen LogP contribution in [0, 0.1) is 5.92 Å². The van der Waals surface area contributed by atoms with Crippen LogP contribution in [0.3, 0.4) is 0 Å². The second-order valence-corrected chi connectivity index (χ2v) is 4.29. The van der Waals surface area contributed by atoms with Gasteiger partial charge in [0.05, 0.1) is 12.1 Å². The lowest BCUT2D eigenvalue weighted by Crippen LogP contribution is -2.26. The molecule has 0 spiro atoms. The molecule has 0 bridgehead atoms. The summed E-state index contributed by atoms with van der Waals surface area (Å²) in [4.78, 5) is 0.978. The predicted molar refractivity (Wildman–Crippen MR) is 66.6 cm³/mol. The van der Waals surface area contributed by atoms with E-state index >= 15 is 0 Å². The number of hydrogen-bond donors (Lipinski definition) is 1. The molecule has 0 radical (unpaired) electrons. The molecule has 3 heteroatoms. The Labute approximate surface area is 95.6 Å². The van der Waals surface area contributed by atoms with Crippen molar-refractivity contribution in [2.24, 2.45) is 5.92 Å². The summed E-state index contributed by atoms with van der Waals surface area (Å²) in [5.41, 5.74) is 1.05. The first-order valence-electron chi connectivity index (χ1n) is 5.24. The van der Waals surface area contributed by atoms with Crippen LogP contribution in [0.1, 0.15) is 19.3 Å². The highest BCUT2D eigenvalue weighted by Crippen LogP contribution is 2.28. The third kappa shape index (κ3) is 2.48. The molecule has 2 rings (SSSR count). The molecule has 0 aromatic heterocycles. The van der Waals surface area contributed by atoms with Gasteiger partial charge in [0.15, 0.2) is 0 Å². The van der Waals surface area contributed by atoms with Crippen LogP contribution in [0.4, 0.5) is 5.69 Å². The molecule has 0 aliphatic heterocycles. The Morgan fingerprint density at radius 2 is 2.00 bits per heavy atom. The van der Waals surface area contributed by atoms with Crippen LogP contribution in [-0.2, 0) is 0 Å². The topological polar surface area (TPSA) is 21.3 Å². The number of nitrogens with one attached hydrogen (secondary N) is 1. The quantitative estimate of drug-likeness (QED) is 0.792. The van der Waals surface area contributed by atoms with Gasteiger partial charge in [-0.2, -0.15) is 0 Å². The van der Waals surface area contributed by atoms with Gasteiger partial charge >= 0.3 is 0 Å². The van der Waals surface area contributed by atoms with Crippen molar-refractivity contribution in [2.45, 2.75) is 19.3 Å². The van der Waals surface area contributed by atoms with Crippen LogP contribution in [-0.4, -0.2) is 12.1 Å². The van der Waals surface area contributed by atoms with Gasteiger partial charge in [0.25, 0.3) is 0 Å². The van der Waals surface area contributed by atoms with E-state index in [4.69, 9.17) is 17.0 Å². The minimum absolute atomic E-state index is 0.599. The first-order chi connectivity index (χ1) is 7.29. The second kappa shape index (κ2) is 4.62. The number of hydrogen-bond acceptors (Lipinski definition) is 2. The molecule has 0 heterocycles. The minimum atomic E-state index is 0.599. The SMILES string of the molecule is COc1ccc(NC(=S)C2CCC2)cc1. The molecule has 15 heavy (non-hydrogen) atoms. The smallest absolute Gasteiger partial charge is 0.119 e. The first-order valence-corrected chi connectivity index (χ1v) is 5.65. The number of thiocarbonyl (C=S) groups is 1. The fourth-order valence-corrected chi connectivity index (χ4v) is 1.94. The molecule has 0 unspecified atom stereocenters. The van der Waals surface area contributed by atoms with E-state index < -0.39 is 0 Å². The van der Waals surface area contributed by atoms with Crippen molar-refractivity contribution < 1.29 is 4.74 Å². The summed E-state index contributed by atoms with van der Waals surface area (Å²) in [5.74, 6) is 1.47. The molecule has 2 nitrogen and oxygen atoms in total. The minimum Gasteiger partial charge on any atom is -0.497 e. The maximum atomic E-state index is 5.33. The van der Waals surface area contributed by atoms with Crippen molar-refractivity contribution in [2.75, 3.05) is 12.4 Å². The van der Waals surface area contributed by atoms with Crippen LogP contribution in [0.15, 0.2) is 24.3 Å². The Morgan fingerprint density at radius 3 is 2.47 bits per heavy atom. The van der Waals surface area contributed by atoms with E-state index in [0.29, 0.717) is 5.92 Å². The van der Waals surface area contributed by atoms with Crippen LogP contribution in [0.25, 0.3) is 0 Å². The van der Waals surface area contributed by atoms with Gasteiger partial charge in [0.2, 0.25) is 0 Å². The molecule has 1 aliphatic carbocycles. The molecule has 1 aromatic carbocycles. The van der Waals surface area contributed by atoms with Crippen molar-refractivity contribution in [1.82, 2.24) is 0 Å². The standard InChI is InChI=1S/C12H15NOS/c1-14-11-7-5-10(6-8-11)13-12(15)9-3-2-4-9/h5-9H,2-4H2,1H3,(H,13,15). The average Bonchev–Trinajstić information content (AvgIpc) is 2.16. The molecule has 1 aliphatic rings. The van der Waals surface area contributed by atoms with E-state index in [1.807, 2.05) is 24.3 Å². The fraction of sp³-hybridized carbons (Fsp3) is 0.417. The van der Waals surface area contributed by atoms with Crippen LogP contribution < -0.4 is 10.1 Å². The number of benzene rings is 1. The zero-order chi connectivity index (χ0) is 10.7. The number of methoxy groups -OCH3 is 1. The highest BCUT2D eigenvalue weighted by molar-refractivity contribution is 7.80. The summed E-state index contributed by atoms with van der Waals surface area (Å²) >= 11 is 5.33. The van der Waals surface area contributed by atoms with Crippen molar-refractivity contribution in [3.63, 3.8) is 0 Å². The third-order valence-corrected chi connectivity index (χ3v) is 3.27. The molecule has 0 atom stereocenters. The molecular formula is C12H15NOS. The van der Waals surface area contributed by atoms with Crippen molar-refractivity contribution >= 4 is 22.9 Å². The molecule has 1 aromatic rings. The van der Waals surface area contributed by atoms with Crippen LogP contribution in [0.5, 0.6) is 5.75 Å². The molecule has 0 saturated heterocycles. The van der Waals surface area contributed by atoms with Gasteiger partial charge in [-0.15, -0.1) is 0 Å². The Morgan fingerprint density at radius 1 is 1.33 bits per heavy atom. The van der Waals surface area contributed by atoms with Gasteiger partial charge in [-0.25, -0.2) is 0 Å². The van der Waals surface area contributed by atoms with Crippen molar-refractivity contribution in [3.05, 3.63) is 24.3 Å². The summed E-state index contributed by atoms with van der Waals surface area (Å²) in [5, 5.41) is 3.27. The third-order valence-electron chi connectivity index (χ3n) is 2.83. The molecule has 80 valence electrons. The molecular weight excluding hydrogens is 206 g/mol. The second-order valence-electron chi connectivity index (χ2n) is 3.85. The summed E-state index contributed by atoms with van der Waals surface area (Å²) in [7, 11) is 1.67. The predicted octanol–water partition coefficient (Wildman–Crippen LogP) is 3.23. The number of anilines is 1. The van der Waals surface area contributed by atoms with Crippen molar-refractivity contribution in [1.29, 1.82) is 0 Å². The van der Waals surface area contributed by atoms with Gasteiger partial charge < -0.3 is 10.1 Å². The molecule has 1 N–H and O–H groups in total. The van der Waals surface area contributed by atoms with E-state index in [9.17, 15) is 0 Å². The monoisotopic (exact) mass is 221 g/mol. The van der Waals surface area contributed by atoms with E-state index in [2.05, 4.69) is 5.32 Å². The maximum absolute atomic E-state index is 5.33. The lowest BCUT2D eigenvalue weighted by Gasteiger charge is -2.26. The summed E-state index contributed by atoms with van der Waals surface area (Å²) in [6, 6.07) is 7.85. The van der Waals surface area contributed by atoms with E-state index in [1.54, 1.807) is 7.11 Å². The summed E-state index contributed by atoms with van der Waals surface area (Å²) in [6.45, 7) is 0. The zero-order valence-electron chi connectivity index (χ0n) is 8.82. The van der Waals surface area contributed by atoms with Gasteiger partial charge in [-0.3, -0.25) is 0 Å². The zero-order valence-corrected chi connectivity index (χ0v) is 9.64. The van der Waals surface area contributed by atoms with Crippen LogP contribution >= 0.6 is 12.2 Å². The van der Waals surface area contributed by atoms with E-state index in [1.165, 1.54) is 19.3 Å². The highest BCUT2D eigenvalue weighted by atomic mass is 32.1. The van der Waals surface area contributed by atoms with E-state index in [-0.39, 0.29) is 0 Å². The number of rotatable bonds is 3. The van der Waals surface area contributed by atoms with Gasteiger partial charge in [-0.1, -0.05) is 18.6 Å². The van der Waals surface area contributed by atoms with E-state index in [0.717, 1.165) is 16.4 Å². The van der Waals surface area contributed by atoms with Gasteiger partial charge in [0.1, 0.15) is 5.75 Å². The number of ether oxygens (including phenoxy) is 1. The Kier molecular flexibility index (Phi) is 3.21. The maximum Gasteiger partial charge on any atom is 0.119 e. The molecule has 0 amide bonds. The average molecular weight is 221 g/mol. The summed E-state index contributed by atoms with van der Waals surface area (Å²) in [6.07, 6.45) is 3.79. The lowest BCUT2D eigenvalue weighted by molar-refractivity contribution is 0.414. The van der Waals surface area contributed by atoms with Gasteiger partial charge in [-0.05, 0) is 37.1 Å². The Balaban J connectivity index is 1.94. The largest absolute Gasteiger partial charge is 0.497 e. The Bertz CT molecular complexity index is 343. The van der Waals surface area contributed by atoms with Crippen molar-refractivity contribution in [3.8, 4) is 5.75 Å². The van der Waals surface area contributed by atoms with Gasteiger partial charge in [0, 0.05) is 11.6 Å². The fourth-order valence-electron chi connectivity index (χ4n) is 1.59. The molecule has 1 fully saturated rings. The first kappa shape index (κ1) is 10.4. The lowest BCUT2D eigenvalue weighted by atomic mass is 9.85. The highest BCUT2D eigenvalue weighted by Gasteiger charge is 2.21.